The standard InChI is InChI=1S/C23H24N4O3S/c28-20(13-10-16-5-2-1-3-6-16)24-15-17-8-11-18(12-9-17)21(29)25-23-27-26-22(31-23)19-7-4-14-30-19/h1-3,5-6,8-9,11-12,19H,4,7,10,13-15H2,(H,24,28)(H,25,27,29). The van der Waals surface area contributed by atoms with Crippen LogP contribution >= 0.6 is 11.3 Å². The molecule has 0 saturated carbocycles. The van der Waals surface area contributed by atoms with Crippen LogP contribution in [0.3, 0.4) is 0 Å². The van der Waals surface area contributed by atoms with Crippen LogP contribution < -0.4 is 10.6 Å². The van der Waals surface area contributed by atoms with Crippen LogP contribution in [0.4, 0.5) is 5.13 Å². The second-order valence-corrected chi connectivity index (χ2v) is 8.37. The highest BCUT2D eigenvalue weighted by molar-refractivity contribution is 7.15. The Kier molecular flexibility index (Phi) is 7.01. The van der Waals surface area contributed by atoms with Crippen LogP contribution in [0.2, 0.25) is 0 Å². The molecule has 1 fully saturated rings. The van der Waals surface area contributed by atoms with E-state index in [4.69, 9.17) is 4.74 Å². The van der Waals surface area contributed by atoms with E-state index in [0.29, 0.717) is 30.1 Å². The van der Waals surface area contributed by atoms with Gasteiger partial charge in [0.25, 0.3) is 5.91 Å². The minimum absolute atomic E-state index is 0.00369. The summed E-state index contributed by atoms with van der Waals surface area (Å²) in [7, 11) is 0. The van der Waals surface area contributed by atoms with Crippen molar-refractivity contribution < 1.29 is 14.3 Å². The van der Waals surface area contributed by atoms with Crippen molar-refractivity contribution in [1.82, 2.24) is 15.5 Å². The van der Waals surface area contributed by atoms with Crippen molar-refractivity contribution in [1.29, 1.82) is 0 Å². The molecule has 1 aliphatic heterocycles. The Bertz CT molecular complexity index is 1010. The summed E-state index contributed by atoms with van der Waals surface area (Å²) in [6, 6.07) is 17.1. The number of anilines is 1. The molecule has 1 saturated heterocycles. The topological polar surface area (TPSA) is 93.2 Å². The van der Waals surface area contributed by atoms with Gasteiger partial charge < -0.3 is 10.1 Å². The SMILES string of the molecule is O=C(CCc1ccccc1)NCc1ccc(C(=O)Nc2nnc(C3CCCO3)s2)cc1. The minimum Gasteiger partial charge on any atom is -0.371 e. The smallest absolute Gasteiger partial charge is 0.257 e. The van der Waals surface area contributed by atoms with Gasteiger partial charge in [-0.1, -0.05) is 53.8 Å². The van der Waals surface area contributed by atoms with Crippen molar-refractivity contribution in [2.24, 2.45) is 0 Å². The van der Waals surface area contributed by atoms with E-state index in [9.17, 15) is 9.59 Å². The van der Waals surface area contributed by atoms with E-state index in [1.807, 2.05) is 42.5 Å². The Hall–Kier alpha value is -3.10. The fraction of sp³-hybridized carbons (Fsp3) is 0.304. The van der Waals surface area contributed by atoms with Gasteiger partial charge in [0.2, 0.25) is 11.0 Å². The molecule has 2 N–H and O–H groups in total. The Balaban J connectivity index is 1.24. The van der Waals surface area contributed by atoms with Crippen LogP contribution in [0.25, 0.3) is 0 Å². The highest BCUT2D eigenvalue weighted by Gasteiger charge is 2.22. The largest absolute Gasteiger partial charge is 0.371 e. The zero-order valence-corrected chi connectivity index (χ0v) is 17.9. The zero-order chi connectivity index (χ0) is 21.5. The normalized spacial score (nSPS) is 15.5. The van der Waals surface area contributed by atoms with Crippen LogP contribution in [-0.4, -0.2) is 28.6 Å². The number of hydrogen-bond donors (Lipinski definition) is 2. The first-order valence-corrected chi connectivity index (χ1v) is 11.1. The molecule has 8 heteroatoms. The summed E-state index contributed by atoms with van der Waals surface area (Å²) in [5.41, 5.74) is 2.60. The molecule has 1 aromatic heterocycles. The molecule has 160 valence electrons. The van der Waals surface area contributed by atoms with E-state index in [2.05, 4.69) is 20.8 Å². The molecule has 4 rings (SSSR count). The van der Waals surface area contributed by atoms with Crippen molar-refractivity contribution in [2.45, 2.75) is 38.3 Å². The first-order chi connectivity index (χ1) is 15.2. The van der Waals surface area contributed by atoms with Crippen LogP contribution in [0.15, 0.2) is 54.6 Å². The number of nitrogens with zero attached hydrogens (tertiary/aromatic N) is 2. The van der Waals surface area contributed by atoms with Crippen LogP contribution in [-0.2, 0) is 22.5 Å². The number of rotatable bonds is 8. The van der Waals surface area contributed by atoms with Gasteiger partial charge in [-0.3, -0.25) is 14.9 Å². The number of aromatic nitrogens is 2. The maximum Gasteiger partial charge on any atom is 0.257 e. The van der Waals surface area contributed by atoms with Gasteiger partial charge in [0.05, 0.1) is 0 Å². The predicted molar refractivity (Wildman–Crippen MR) is 119 cm³/mol. The van der Waals surface area contributed by atoms with Gasteiger partial charge in [-0.05, 0) is 42.5 Å². The van der Waals surface area contributed by atoms with Gasteiger partial charge in [-0.2, -0.15) is 0 Å². The summed E-state index contributed by atoms with van der Waals surface area (Å²) in [5.74, 6) is -0.238. The molecule has 1 unspecified atom stereocenters. The fourth-order valence-electron chi connectivity index (χ4n) is 3.32. The quantitative estimate of drug-likeness (QED) is 0.559. The van der Waals surface area contributed by atoms with E-state index < -0.39 is 0 Å². The Labute approximate surface area is 184 Å². The predicted octanol–water partition coefficient (Wildman–Crippen LogP) is 3.89. The number of benzene rings is 2. The van der Waals surface area contributed by atoms with E-state index in [1.165, 1.54) is 11.3 Å². The molecule has 0 spiro atoms. The van der Waals surface area contributed by atoms with Crippen molar-refractivity contribution >= 4 is 28.3 Å². The number of amides is 2. The summed E-state index contributed by atoms with van der Waals surface area (Å²) >= 11 is 1.34. The van der Waals surface area contributed by atoms with Gasteiger partial charge in [-0.15, -0.1) is 10.2 Å². The highest BCUT2D eigenvalue weighted by Crippen LogP contribution is 2.32. The molecule has 2 heterocycles. The number of nitrogens with one attached hydrogen (secondary N) is 2. The zero-order valence-electron chi connectivity index (χ0n) is 17.0. The first-order valence-electron chi connectivity index (χ1n) is 10.3. The first kappa shape index (κ1) is 21.1. The van der Waals surface area contributed by atoms with Gasteiger partial charge >= 0.3 is 0 Å². The van der Waals surface area contributed by atoms with E-state index in [0.717, 1.165) is 35.6 Å². The monoisotopic (exact) mass is 436 g/mol. The summed E-state index contributed by atoms with van der Waals surface area (Å²) in [6.07, 6.45) is 3.11. The van der Waals surface area contributed by atoms with Crippen LogP contribution in [0.1, 0.15) is 51.9 Å². The number of ether oxygens (including phenoxy) is 1. The van der Waals surface area contributed by atoms with E-state index in [-0.39, 0.29) is 17.9 Å². The summed E-state index contributed by atoms with van der Waals surface area (Å²) in [4.78, 5) is 24.5. The minimum atomic E-state index is -0.242. The molecule has 0 radical (unpaired) electrons. The Morgan fingerprint density at radius 3 is 2.58 bits per heavy atom. The molecule has 1 aliphatic rings. The third-order valence-electron chi connectivity index (χ3n) is 5.06. The number of hydrogen-bond acceptors (Lipinski definition) is 6. The summed E-state index contributed by atoms with van der Waals surface area (Å²) in [6.45, 7) is 1.17. The second kappa shape index (κ2) is 10.3. The molecule has 31 heavy (non-hydrogen) atoms. The van der Waals surface area contributed by atoms with Crippen LogP contribution in [0.5, 0.6) is 0 Å². The molecular weight excluding hydrogens is 412 g/mol. The van der Waals surface area contributed by atoms with Crippen molar-refractivity contribution in [3.63, 3.8) is 0 Å². The fourth-order valence-corrected chi connectivity index (χ4v) is 4.14. The van der Waals surface area contributed by atoms with Crippen molar-refractivity contribution in [3.05, 3.63) is 76.3 Å². The lowest BCUT2D eigenvalue weighted by atomic mass is 10.1. The maximum atomic E-state index is 12.5. The molecule has 3 aromatic rings. The van der Waals surface area contributed by atoms with Gasteiger partial charge in [-0.25, -0.2) is 0 Å². The Morgan fingerprint density at radius 2 is 1.84 bits per heavy atom. The average Bonchev–Trinajstić information content (AvgIpc) is 3.49. The van der Waals surface area contributed by atoms with Gasteiger partial charge in [0.1, 0.15) is 11.1 Å². The van der Waals surface area contributed by atoms with Gasteiger partial charge in [0.15, 0.2) is 0 Å². The third kappa shape index (κ3) is 5.96. The van der Waals surface area contributed by atoms with E-state index >= 15 is 0 Å². The van der Waals surface area contributed by atoms with Crippen molar-refractivity contribution in [2.75, 3.05) is 11.9 Å². The van der Waals surface area contributed by atoms with Crippen LogP contribution in [0, 0.1) is 0 Å². The van der Waals surface area contributed by atoms with E-state index in [1.54, 1.807) is 12.1 Å². The summed E-state index contributed by atoms with van der Waals surface area (Å²) in [5, 5.41) is 15.1. The second-order valence-electron chi connectivity index (χ2n) is 7.36. The lowest BCUT2D eigenvalue weighted by Gasteiger charge is -2.07. The molecule has 0 bridgehead atoms. The summed E-state index contributed by atoms with van der Waals surface area (Å²) < 4.78 is 5.60. The average molecular weight is 437 g/mol. The maximum absolute atomic E-state index is 12.5. The molecule has 1 atom stereocenters. The lowest BCUT2D eigenvalue weighted by molar-refractivity contribution is -0.121. The highest BCUT2D eigenvalue weighted by atomic mass is 32.1. The molecule has 7 nitrogen and oxygen atoms in total. The number of aryl methyl sites for hydroxylation is 1. The number of carbonyl (C=O) groups excluding carboxylic acids is 2. The van der Waals surface area contributed by atoms with Gasteiger partial charge in [0, 0.05) is 25.1 Å². The molecule has 2 aromatic carbocycles. The number of carbonyl (C=O) groups is 2. The lowest BCUT2D eigenvalue weighted by Crippen LogP contribution is -2.23. The molecule has 2 amide bonds. The van der Waals surface area contributed by atoms with Crippen molar-refractivity contribution in [3.8, 4) is 0 Å². The Morgan fingerprint density at radius 1 is 1.03 bits per heavy atom. The third-order valence-corrected chi connectivity index (χ3v) is 5.99. The molecular formula is C23H24N4O3S. The molecule has 0 aliphatic carbocycles.